The molecule has 1 atom stereocenters. The summed E-state index contributed by atoms with van der Waals surface area (Å²) in [5, 5.41) is 0. The van der Waals surface area contributed by atoms with E-state index in [1.807, 2.05) is 11.1 Å². The molecule has 2 saturated heterocycles. The molecule has 4 heterocycles. The van der Waals surface area contributed by atoms with E-state index in [4.69, 9.17) is 0 Å². The summed E-state index contributed by atoms with van der Waals surface area (Å²) in [5.41, 5.74) is 3.80. The maximum atomic E-state index is 13.2. The number of aromatic nitrogens is 3. The lowest BCUT2D eigenvalue weighted by Crippen LogP contribution is -2.42. The zero-order valence-corrected chi connectivity index (χ0v) is 18.3. The van der Waals surface area contributed by atoms with Crippen LogP contribution in [0.1, 0.15) is 66.7 Å². The SMILES string of the molecule is C[C@@H]1CCCCN1C(=O)c1ncn2c(C3CCN(Cc4ccccc4)CC3)ccnc12. The number of carbonyl (C=O) groups is 1. The van der Waals surface area contributed by atoms with E-state index in [0.717, 1.165) is 51.9 Å². The minimum atomic E-state index is 0.0250. The molecule has 6 heteroatoms. The number of fused-ring (bicyclic) bond motifs is 1. The van der Waals surface area contributed by atoms with Gasteiger partial charge in [0, 0.05) is 36.9 Å². The summed E-state index contributed by atoms with van der Waals surface area (Å²) in [5.74, 6) is 0.487. The van der Waals surface area contributed by atoms with Gasteiger partial charge >= 0.3 is 0 Å². The normalized spacial score (nSPS) is 20.9. The second-order valence-corrected chi connectivity index (χ2v) is 9.04. The summed E-state index contributed by atoms with van der Waals surface area (Å²) in [4.78, 5) is 26.8. The highest BCUT2D eigenvalue weighted by molar-refractivity contribution is 5.98. The van der Waals surface area contributed by atoms with Gasteiger partial charge in [0.05, 0.1) is 0 Å². The molecule has 0 bridgehead atoms. The zero-order chi connectivity index (χ0) is 21.2. The van der Waals surface area contributed by atoms with Gasteiger partial charge in [0.15, 0.2) is 11.3 Å². The van der Waals surface area contributed by atoms with Crippen molar-refractivity contribution in [1.29, 1.82) is 0 Å². The lowest BCUT2D eigenvalue weighted by Gasteiger charge is -2.33. The molecule has 0 N–H and O–H groups in total. The van der Waals surface area contributed by atoms with Crippen LogP contribution in [0, 0.1) is 0 Å². The standard InChI is InChI=1S/C25H31N5O/c1-19-7-5-6-14-29(19)25(31)23-24-26-13-10-22(30(24)18-27-23)21-11-15-28(16-12-21)17-20-8-3-2-4-9-20/h2-4,8-10,13,18-19,21H,5-7,11-12,14-17H2,1H3/t19-/m1/s1. The fraction of sp³-hybridized carbons (Fsp3) is 0.480. The van der Waals surface area contributed by atoms with Crippen LogP contribution in [0.2, 0.25) is 0 Å². The first-order chi connectivity index (χ1) is 15.2. The fourth-order valence-electron chi connectivity index (χ4n) is 5.17. The van der Waals surface area contributed by atoms with Crippen molar-refractivity contribution >= 4 is 11.6 Å². The number of rotatable bonds is 4. The van der Waals surface area contributed by atoms with E-state index in [0.29, 0.717) is 17.3 Å². The van der Waals surface area contributed by atoms with Gasteiger partial charge in [-0.05, 0) is 63.7 Å². The highest BCUT2D eigenvalue weighted by Gasteiger charge is 2.29. The van der Waals surface area contributed by atoms with E-state index in [2.05, 4.69) is 62.6 Å². The molecule has 0 unspecified atom stereocenters. The van der Waals surface area contributed by atoms with Crippen molar-refractivity contribution in [3.8, 4) is 0 Å². The molecule has 2 aliphatic heterocycles. The third kappa shape index (κ3) is 4.09. The highest BCUT2D eigenvalue weighted by atomic mass is 16.2. The molecular weight excluding hydrogens is 386 g/mol. The number of hydrogen-bond donors (Lipinski definition) is 0. The average Bonchev–Trinajstić information content (AvgIpc) is 3.25. The van der Waals surface area contributed by atoms with Gasteiger partial charge < -0.3 is 4.90 Å². The molecule has 2 aromatic heterocycles. The lowest BCUT2D eigenvalue weighted by atomic mass is 9.93. The average molecular weight is 418 g/mol. The largest absolute Gasteiger partial charge is 0.334 e. The lowest BCUT2D eigenvalue weighted by molar-refractivity contribution is 0.0632. The van der Waals surface area contributed by atoms with Gasteiger partial charge in [-0.15, -0.1) is 0 Å². The Morgan fingerprint density at radius 3 is 2.58 bits per heavy atom. The Labute approximate surface area is 183 Å². The fourth-order valence-corrected chi connectivity index (χ4v) is 5.17. The van der Waals surface area contributed by atoms with Crippen molar-refractivity contribution in [2.75, 3.05) is 19.6 Å². The third-order valence-corrected chi connectivity index (χ3v) is 6.98. The van der Waals surface area contributed by atoms with Crippen molar-refractivity contribution < 1.29 is 4.79 Å². The number of likely N-dealkylation sites (tertiary alicyclic amines) is 2. The number of nitrogens with zero attached hydrogens (tertiary/aromatic N) is 5. The molecule has 3 aromatic rings. The van der Waals surface area contributed by atoms with Crippen molar-refractivity contribution in [3.05, 3.63) is 65.9 Å². The van der Waals surface area contributed by atoms with Crippen LogP contribution in [0.3, 0.4) is 0 Å². The molecule has 0 aliphatic carbocycles. The first-order valence-corrected chi connectivity index (χ1v) is 11.6. The molecule has 0 saturated carbocycles. The van der Waals surface area contributed by atoms with E-state index in [9.17, 15) is 4.79 Å². The quantitative estimate of drug-likeness (QED) is 0.641. The molecule has 0 spiro atoms. The van der Waals surface area contributed by atoms with Crippen LogP contribution in [-0.2, 0) is 6.54 Å². The monoisotopic (exact) mass is 417 g/mol. The van der Waals surface area contributed by atoms with Crippen LogP contribution in [0.4, 0.5) is 0 Å². The smallest absolute Gasteiger partial charge is 0.276 e. The molecular formula is C25H31N5O. The summed E-state index contributed by atoms with van der Waals surface area (Å²) in [6.07, 6.45) is 9.20. The van der Waals surface area contributed by atoms with Crippen LogP contribution < -0.4 is 0 Å². The van der Waals surface area contributed by atoms with Gasteiger partial charge in [0.25, 0.3) is 5.91 Å². The Bertz CT molecular complexity index is 1040. The van der Waals surface area contributed by atoms with Gasteiger partial charge in [-0.3, -0.25) is 14.1 Å². The van der Waals surface area contributed by atoms with Gasteiger partial charge in [-0.25, -0.2) is 9.97 Å². The zero-order valence-electron chi connectivity index (χ0n) is 18.3. The maximum Gasteiger partial charge on any atom is 0.276 e. The van der Waals surface area contributed by atoms with E-state index >= 15 is 0 Å². The molecule has 5 rings (SSSR count). The summed E-state index contributed by atoms with van der Waals surface area (Å²) < 4.78 is 2.05. The van der Waals surface area contributed by atoms with E-state index in [1.54, 1.807) is 6.33 Å². The van der Waals surface area contributed by atoms with Crippen LogP contribution in [-0.4, -0.2) is 55.8 Å². The highest BCUT2D eigenvalue weighted by Crippen LogP contribution is 2.30. The number of benzene rings is 1. The second-order valence-electron chi connectivity index (χ2n) is 9.04. The minimum Gasteiger partial charge on any atom is -0.334 e. The van der Waals surface area contributed by atoms with Crippen molar-refractivity contribution in [1.82, 2.24) is 24.2 Å². The molecule has 31 heavy (non-hydrogen) atoms. The Hall–Kier alpha value is -2.73. The summed E-state index contributed by atoms with van der Waals surface area (Å²) in [6.45, 7) is 6.12. The summed E-state index contributed by atoms with van der Waals surface area (Å²) >= 11 is 0. The Kier molecular flexibility index (Phi) is 5.72. The topological polar surface area (TPSA) is 53.7 Å². The molecule has 162 valence electrons. The molecule has 1 amide bonds. The summed E-state index contributed by atoms with van der Waals surface area (Å²) in [6, 6.07) is 13.1. The van der Waals surface area contributed by atoms with Gasteiger partial charge in [-0.1, -0.05) is 30.3 Å². The van der Waals surface area contributed by atoms with Crippen LogP contribution in [0.15, 0.2) is 48.9 Å². The Morgan fingerprint density at radius 2 is 1.81 bits per heavy atom. The third-order valence-electron chi connectivity index (χ3n) is 6.98. The molecule has 1 aromatic carbocycles. The number of carbonyl (C=O) groups excluding carboxylic acids is 1. The number of piperidine rings is 2. The van der Waals surface area contributed by atoms with E-state index in [-0.39, 0.29) is 11.9 Å². The second kappa shape index (κ2) is 8.79. The van der Waals surface area contributed by atoms with Crippen LogP contribution in [0.25, 0.3) is 5.65 Å². The predicted octanol–water partition coefficient (Wildman–Crippen LogP) is 4.12. The number of imidazole rings is 1. The van der Waals surface area contributed by atoms with Crippen molar-refractivity contribution in [2.45, 2.75) is 57.5 Å². The molecule has 6 nitrogen and oxygen atoms in total. The first kappa shape index (κ1) is 20.2. The van der Waals surface area contributed by atoms with Crippen LogP contribution >= 0.6 is 0 Å². The van der Waals surface area contributed by atoms with Crippen molar-refractivity contribution in [3.63, 3.8) is 0 Å². The number of amides is 1. The van der Waals surface area contributed by atoms with Gasteiger partial charge in [-0.2, -0.15) is 0 Å². The van der Waals surface area contributed by atoms with Crippen LogP contribution in [0.5, 0.6) is 0 Å². The predicted molar refractivity (Wildman–Crippen MR) is 121 cm³/mol. The van der Waals surface area contributed by atoms with E-state index < -0.39 is 0 Å². The van der Waals surface area contributed by atoms with Gasteiger partial charge in [0.1, 0.15) is 6.33 Å². The number of hydrogen-bond acceptors (Lipinski definition) is 4. The van der Waals surface area contributed by atoms with Crippen molar-refractivity contribution in [2.24, 2.45) is 0 Å². The Balaban J connectivity index is 1.32. The molecule has 0 radical (unpaired) electrons. The minimum absolute atomic E-state index is 0.0250. The van der Waals surface area contributed by atoms with Gasteiger partial charge in [0.2, 0.25) is 0 Å². The summed E-state index contributed by atoms with van der Waals surface area (Å²) in [7, 11) is 0. The maximum absolute atomic E-state index is 13.2. The first-order valence-electron chi connectivity index (χ1n) is 11.6. The molecule has 2 fully saturated rings. The molecule has 2 aliphatic rings. The van der Waals surface area contributed by atoms with E-state index in [1.165, 1.54) is 17.7 Å². The Morgan fingerprint density at radius 1 is 1.00 bits per heavy atom.